The van der Waals surface area contributed by atoms with Gasteiger partial charge in [0.1, 0.15) is 11.6 Å². The van der Waals surface area contributed by atoms with Crippen molar-refractivity contribution < 1.29 is 9.18 Å². The van der Waals surface area contributed by atoms with E-state index in [4.69, 9.17) is 5.73 Å². The fraction of sp³-hybridized carbons (Fsp3) is 0.167. The molecule has 0 spiro atoms. The zero-order chi connectivity index (χ0) is 13.3. The van der Waals surface area contributed by atoms with Crippen LogP contribution in [-0.4, -0.2) is 15.7 Å². The molecule has 0 saturated carbocycles. The van der Waals surface area contributed by atoms with Crippen molar-refractivity contribution in [3.05, 3.63) is 41.3 Å². The Balaban J connectivity index is 2.21. The SMILES string of the molecule is Cc1ccc(NC(=O)c2cc(N)n(C)n2)c(F)c1. The zero-order valence-corrected chi connectivity index (χ0v) is 10.1. The number of carbonyl (C=O) groups is 1. The average molecular weight is 248 g/mol. The number of nitrogen functional groups attached to an aromatic ring is 1. The molecule has 0 saturated heterocycles. The summed E-state index contributed by atoms with van der Waals surface area (Å²) in [6, 6.07) is 6.00. The molecular formula is C12H13FN4O. The van der Waals surface area contributed by atoms with Crippen molar-refractivity contribution in [2.24, 2.45) is 7.05 Å². The summed E-state index contributed by atoms with van der Waals surface area (Å²) < 4.78 is 14.9. The largest absolute Gasteiger partial charge is 0.384 e. The van der Waals surface area contributed by atoms with Crippen LogP contribution in [0.1, 0.15) is 16.1 Å². The molecule has 0 aliphatic rings. The van der Waals surface area contributed by atoms with Crippen LogP contribution in [0.5, 0.6) is 0 Å². The molecule has 0 unspecified atom stereocenters. The van der Waals surface area contributed by atoms with Crippen LogP contribution in [0.25, 0.3) is 0 Å². The summed E-state index contributed by atoms with van der Waals surface area (Å²) in [5.74, 6) is -0.609. The van der Waals surface area contributed by atoms with Gasteiger partial charge in [-0.1, -0.05) is 6.07 Å². The molecule has 0 atom stereocenters. The lowest BCUT2D eigenvalue weighted by Gasteiger charge is -2.05. The van der Waals surface area contributed by atoms with Gasteiger partial charge in [-0.15, -0.1) is 0 Å². The number of amides is 1. The third-order valence-electron chi connectivity index (χ3n) is 2.52. The number of halogens is 1. The quantitative estimate of drug-likeness (QED) is 0.849. The van der Waals surface area contributed by atoms with E-state index in [9.17, 15) is 9.18 Å². The molecule has 0 aliphatic carbocycles. The molecule has 2 rings (SSSR count). The second kappa shape index (κ2) is 4.48. The number of carbonyl (C=O) groups excluding carboxylic acids is 1. The van der Waals surface area contributed by atoms with E-state index in [1.54, 1.807) is 20.0 Å². The van der Waals surface area contributed by atoms with Crippen molar-refractivity contribution in [3.63, 3.8) is 0 Å². The van der Waals surface area contributed by atoms with Gasteiger partial charge in [0.2, 0.25) is 0 Å². The first-order valence-electron chi connectivity index (χ1n) is 5.34. The Morgan fingerprint density at radius 3 is 2.72 bits per heavy atom. The average Bonchev–Trinajstić information content (AvgIpc) is 2.63. The van der Waals surface area contributed by atoms with Crippen LogP contribution in [0.2, 0.25) is 0 Å². The van der Waals surface area contributed by atoms with E-state index in [2.05, 4.69) is 10.4 Å². The number of aryl methyl sites for hydroxylation is 2. The number of nitrogens with zero attached hydrogens (tertiary/aromatic N) is 2. The monoisotopic (exact) mass is 248 g/mol. The van der Waals surface area contributed by atoms with Gasteiger partial charge in [-0.2, -0.15) is 5.10 Å². The van der Waals surface area contributed by atoms with Crippen molar-refractivity contribution in [2.45, 2.75) is 6.92 Å². The predicted octanol–water partition coefficient (Wildman–Crippen LogP) is 1.70. The van der Waals surface area contributed by atoms with Gasteiger partial charge in [0.15, 0.2) is 5.69 Å². The Kier molecular flexibility index (Phi) is 3.01. The Labute approximate surface area is 103 Å². The lowest BCUT2D eigenvalue weighted by molar-refractivity contribution is 0.102. The summed E-state index contributed by atoms with van der Waals surface area (Å²) in [5.41, 5.74) is 6.62. The molecule has 94 valence electrons. The smallest absolute Gasteiger partial charge is 0.276 e. The van der Waals surface area contributed by atoms with Gasteiger partial charge in [0, 0.05) is 13.1 Å². The molecule has 1 aromatic heterocycles. The first kappa shape index (κ1) is 12.1. The van der Waals surface area contributed by atoms with E-state index in [1.807, 2.05) is 0 Å². The summed E-state index contributed by atoms with van der Waals surface area (Å²) in [6.07, 6.45) is 0. The molecule has 2 aromatic rings. The molecule has 1 aromatic carbocycles. The van der Waals surface area contributed by atoms with Crippen molar-refractivity contribution in [1.29, 1.82) is 0 Å². The Morgan fingerprint density at radius 1 is 1.44 bits per heavy atom. The molecule has 3 N–H and O–H groups in total. The maximum Gasteiger partial charge on any atom is 0.276 e. The van der Waals surface area contributed by atoms with Crippen molar-refractivity contribution >= 4 is 17.4 Å². The molecular weight excluding hydrogens is 235 g/mol. The van der Waals surface area contributed by atoms with Crippen LogP contribution in [0.15, 0.2) is 24.3 Å². The molecule has 0 fully saturated rings. The molecule has 0 bridgehead atoms. The van der Waals surface area contributed by atoms with Crippen molar-refractivity contribution in [2.75, 3.05) is 11.1 Å². The van der Waals surface area contributed by atoms with Crippen LogP contribution >= 0.6 is 0 Å². The van der Waals surface area contributed by atoms with Gasteiger partial charge in [-0.05, 0) is 24.6 Å². The molecule has 0 aliphatic heterocycles. The highest BCUT2D eigenvalue weighted by Crippen LogP contribution is 2.16. The van der Waals surface area contributed by atoms with Gasteiger partial charge in [0.25, 0.3) is 5.91 Å². The molecule has 5 nitrogen and oxygen atoms in total. The van der Waals surface area contributed by atoms with E-state index >= 15 is 0 Å². The summed E-state index contributed by atoms with van der Waals surface area (Å²) in [5, 5.41) is 6.36. The maximum atomic E-state index is 13.5. The fourth-order valence-corrected chi connectivity index (χ4v) is 1.50. The topological polar surface area (TPSA) is 72.9 Å². The molecule has 6 heteroatoms. The summed E-state index contributed by atoms with van der Waals surface area (Å²) >= 11 is 0. The summed E-state index contributed by atoms with van der Waals surface area (Å²) in [6.45, 7) is 1.77. The van der Waals surface area contributed by atoms with Crippen molar-refractivity contribution in [1.82, 2.24) is 9.78 Å². The highest BCUT2D eigenvalue weighted by Gasteiger charge is 2.13. The number of anilines is 2. The molecule has 0 radical (unpaired) electrons. The van der Waals surface area contributed by atoms with Gasteiger partial charge >= 0.3 is 0 Å². The van der Waals surface area contributed by atoms with Crippen molar-refractivity contribution in [3.8, 4) is 0 Å². The first-order chi connectivity index (χ1) is 8.47. The van der Waals surface area contributed by atoms with Crippen LogP contribution in [-0.2, 0) is 7.05 Å². The second-order valence-electron chi connectivity index (χ2n) is 4.02. The van der Waals surface area contributed by atoms with Crippen LogP contribution in [0, 0.1) is 12.7 Å². The van der Waals surface area contributed by atoms with Gasteiger partial charge in [0.05, 0.1) is 5.69 Å². The highest BCUT2D eigenvalue weighted by atomic mass is 19.1. The molecule has 18 heavy (non-hydrogen) atoms. The normalized spacial score (nSPS) is 10.4. The minimum atomic E-state index is -0.495. The van der Waals surface area contributed by atoms with E-state index in [0.29, 0.717) is 5.82 Å². The van der Waals surface area contributed by atoms with Gasteiger partial charge < -0.3 is 11.1 Å². The van der Waals surface area contributed by atoms with Crippen LogP contribution in [0.4, 0.5) is 15.9 Å². The second-order valence-corrected chi connectivity index (χ2v) is 4.02. The Bertz CT molecular complexity index is 587. The highest BCUT2D eigenvalue weighted by molar-refractivity contribution is 6.03. The number of hydrogen-bond acceptors (Lipinski definition) is 3. The summed E-state index contributed by atoms with van der Waals surface area (Å²) in [4.78, 5) is 11.8. The summed E-state index contributed by atoms with van der Waals surface area (Å²) in [7, 11) is 1.62. The lowest BCUT2D eigenvalue weighted by Crippen LogP contribution is -2.14. The maximum absolute atomic E-state index is 13.5. The van der Waals surface area contributed by atoms with Crippen LogP contribution in [0.3, 0.4) is 0 Å². The molecule has 1 heterocycles. The number of rotatable bonds is 2. The minimum Gasteiger partial charge on any atom is -0.384 e. The van der Waals surface area contributed by atoms with Gasteiger partial charge in [-0.3, -0.25) is 9.48 Å². The van der Waals surface area contributed by atoms with E-state index in [-0.39, 0.29) is 11.4 Å². The number of nitrogens with one attached hydrogen (secondary N) is 1. The Morgan fingerprint density at radius 2 is 2.17 bits per heavy atom. The zero-order valence-electron chi connectivity index (χ0n) is 10.1. The number of aromatic nitrogens is 2. The minimum absolute atomic E-state index is 0.120. The van der Waals surface area contributed by atoms with E-state index in [1.165, 1.54) is 22.9 Å². The predicted molar refractivity (Wildman–Crippen MR) is 66.7 cm³/mol. The van der Waals surface area contributed by atoms with E-state index < -0.39 is 11.7 Å². The van der Waals surface area contributed by atoms with E-state index in [0.717, 1.165) is 5.56 Å². The first-order valence-corrected chi connectivity index (χ1v) is 5.34. The standard InChI is InChI=1S/C12H13FN4O/c1-7-3-4-9(8(13)5-7)15-12(18)10-6-11(14)17(2)16-10/h3-6H,14H2,1-2H3,(H,15,18). The lowest BCUT2D eigenvalue weighted by atomic mass is 10.2. The third kappa shape index (κ3) is 2.32. The number of nitrogens with two attached hydrogens (primary N) is 1. The van der Waals surface area contributed by atoms with Crippen LogP contribution < -0.4 is 11.1 Å². The molecule has 1 amide bonds. The number of benzene rings is 1. The van der Waals surface area contributed by atoms with Gasteiger partial charge in [-0.25, -0.2) is 4.39 Å². The third-order valence-corrected chi connectivity index (χ3v) is 2.52. The fourth-order valence-electron chi connectivity index (χ4n) is 1.50. The Hall–Kier alpha value is -2.37. The number of hydrogen-bond donors (Lipinski definition) is 2.